The number of hydrogen-bond acceptors (Lipinski definition) is 6. The number of pyridine rings is 1. The van der Waals surface area contributed by atoms with E-state index in [1.807, 2.05) is 20.8 Å². The van der Waals surface area contributed by atoms with E-state index in [0.717, 1.165) is 0 Å². The van der Waals surface area contributed by atoms with Gasteiger partial charge in [0.05, 0.1) is 5.56 Å². The Kier molecular flexibility index (Phi) is 4.86. The Bertz CT molecular complexity index is 1210. The molecule has 0 saturated carbocycles. The van der Waals surface area contributed by atoms with Crippen molar-refractivity contribution in [3.8, 4) is 17.3 Å². The summed E-state index contributed by atoms with van der Waals surface area (Å²) in [7, 11) is 0. The van der Waals surface area contributed by atoms with Crippen molar-refractivity contribution in [3.63, 3.8) is 0 Å². The minimum atomic E-state index is -0.468. The molecule has 1 N–H and O–H groups in total. The maximum Gasteiger partial charge on any atom is 0.275 e. The van der Waals surface area contributed by atoms with Crippen LogP contribution in [0.1, 0.15) is 37.1 Å². The lowest BCUT2D eigenvalue weighted by Gasteiger charge is -2.11. The molecule has 0 aliphatic heterocycles. The number of rotatable bonds is 4. The second-order valence-electron chi connectivity index (χ2n) is 7.68. The van der Waals surface area contributed by atoms with Crippen LogP contribution < -0.4 is 5.32 Å². The molecular weight excluding hydrogens is 387 g/mol. The topological polar surface area (TPSA) is 98.7 Å². The van der Waals surface area contributed by atoms with Gasteiger partial charge in [-0.05, 0) is 30.3 Å². The van der Waals surface area contributed by atoms with Crippen molar-refractivity contribution in [3.05, 3.63) is 72.5 Å². The molecule has 1 aromatic carbocycles. The van der Waals surface area contributed by atoms with Crippen LogP contribution in [0.4, 0.5) is 10.1 Å². The van der Waals surface area contributed by atoms with Gasteiger partial charge in [0, 0.05) is 23.5 Å². The minimum absolute atomic E-state index is 0.150. The van der Waals surface area contributed by atoms with E-state index in [0.29, 0.717) is 28.8 Å². The van der Waals surface area contributed by atoms with Crippen LogP contribution >= 0.6 is 0 Å². The Labute approximate surface area is 171 Å². The third-order valence-corrected chi connectivity index (χ3v) is 4.26. The first-order chi connectivity index (χ1) is 14.3. The number of nitrogens with one attached hydrogen (secondary N) is 1. The van der Waals surface area contributed by atoms with Crippen molar-refractivity contribution >= 4 is 11.6 Å². The van der Waals surface area contributed by atoms with Gasteiger partial charge in [0.2, 0.25) is 0 Å². The number of benzene rings is 1. The van der Waals surface area contributed by atoms with Crippen molar-refractivity contribution in [2.75, 3.05) is 5.32 Å². The summed E-state index contributed by atoms with van der Waals surface area (Å²) in [5.74, 6) is 0.477. The Balaban J connectivity index is 1.63. The molecule has 0 unspecified atom stereocenters. The molecule has 1 amide bonds. The highest BCUT2D eigenvalue weighted by Crippen LogP contribution is 2.27. The number of hydrogen-bond donors (Lipinski definition) is 1. The van der Waals surface area contributed by atoms with E-state index < -0.39 is 11.7 Å². The van der Waals surface area contributed by atoms with Gasteiger partial charge in [0.1, 0.15) is 17.8 Å². The number of imidazole rings is 1. The van der Waals surface area contributed by atoms with Crippen LogP contribution in [0.5, 0.6) is 0 Å². The van der Waals surface area contributed by atoms with Gasteiger partial charge >= 0.3 is 0 Å². The molecule has 4 rings (SSSR count). The fraction of sp³-hybridized carbons (Fsp3) is 0.190. The Hall–Kier alpha value is -3.88. The minimum Gasteiger partial charge on any atom is -0.334 e. The number of amides is 1. The summed E-state index contributed by atoms with van der Waals surface area (Å²) < 4.78 is 20.4. The van der Waals surface area contributed by atoms with E-state index >= 15 is 0 Å². The van der Waals surface area contributed by atoms with E-state index in [1.165, 1.54) is 30.7 Å². The fourth-order valence-corrected chi connectivity index (χ4v) is 2.72. The van der Waals surface area contributed by atoms with E-state index in [9.17, 15) is 9.18 Å². The van der Waals surface area contributed by atoms with Gasteiger partial charge in [0.25, 0.3) is 11.8 Å². The first-order valence-electron chi connectivity index (χ1n) is 9.22. The van der Waals surface area contributed by atoms with Crippen LogP contribution in [0.15, 0.2) is 59.6 Å². The molecule has 0 aliphatic rings. The highest BCUT2D eigenvalue weighted by molar-refractivity contribution is 6.02. The highest BCUT2D eigenvalue weighted by Gasteiger charge is 2.23. The molecule has 0 bridgehead atoms. The molecule has 3 heterocycles. The number of carbonyl (C=O) groups is 1. The molecule has 0 fully saturated rings. The monoisotopic (exact) mass is 406 g/mol. The third kappa shape index (κ3) is 3.95. The highest BCUT2D eigenvalue weighted by atomic mass is 19.1. The predicted octanol–water partition coefficient (Wildman–Crippen LogP) is 4.01. The predicted molar refractivity (Wildman–Crippen MR) is 108 cm³/mol. The largest absolute Gasteiger partial charge is 0.334 e. The molecule has 0 saturated heterocycles. The van der Waals surface area contributed by atoms with Gasteiger partial charge in [-0.1, -0.05) is 32.0 Å². The number of halogens is 1. The number of anilines is 1. The second-order valence-corrected chi connectivity index (χ2v) is 7.68. The summed E-state index contributed by atoms with van der Waals surface area (Å²) >= 11 is 0. The summed E-state index contributed by atoms with van der Waals surface area (Å²) in [6, 6.07) is 9.20. The van der Waals surface area contributed by atoms with Crippen LogP contribution in [-0.4, -0.2) is 30.6 Å². The first-order valence-corrected chi connectivity index (χ1v) is 9.22. The van der Waals surface area contributed by atoms with Gasteiger partial charge in [-0.25, -0.2) is 14.4 Å². The molecule has 9 heteroatoms. The molecule has 0 radical (unpaired) electrons. The Morgan fingerprint density at radius 3 is 2.73 bits per heavy atom. The lowest BCUT2D eigenvalue weighted by atomic mass is 9.96. The smallest absolute Gasteiger partial charge is 0.275 e. The van der Waals surface area contributed by atoms with Crippen molar-refractivity contribution in [1.82, 2.24) is 24.7 Å². The first kappa shape index (κ1) is 19.4. The number of aromatic nitrogens is 5. The molecule has 8 nitrogen and oxygen atoms in total. The molecule has 4 aromatic rings. The molecule has 30 heavy (non-hydrogen) atoms. The van der Waals surface area contributed by atoms with E-state index in [-0.39, 0.29) is 11.1 Å². The van der Waals surface area contributed by atoms with E-state index in [2.05, 4.69) is 25.4 Å². The molecule has 0 atom stereocenters. The van der Waals surface area contributed by atoms with Crippen LogP contribution in [0.3, 0.4) is 0 Å². The van der Waals surface area contributed by atoms with Gasteiger partial charge in [-0.2, -0.15) is 4.98 Å². The van der Waals surface area contributed by atoms with Crippen molar-refractivity contribution < 1.29 is 13.7 Å². The molecule has 0 aliphatic carbocycles. The standard InChI is InChI=1S/C21H19FN6O2/c1-21(2,3)20-26-19(30-27-20)15-8-5-9-23-17(15)28-11-16(24-12-28)18(29)25-14-7-4-6-13(22)10-14/h4-12H,1-3H3,(H,25,29). The van der Waals surface area contributed by atoms with Gasteiger partial charge in [0.15, 0.2) is 11.6 Å². The summed E-state index contributed by atoms with van der Waals surface area (Å²) in [6.45, 7) is 5.97. The molecule has 3 aromatic heterocycles. The average Bonchev–Trinajstić information content (AvgIpc) is 3.38. The lowest BCUT2D eigenvalue weighted by Crippen LogP contribution is -2.13. The van der Waals surface area contributed by atoms with E-state index in [4.69, 9.17) is 4.52 Å². The zero-order valence-corrected chi connectivity index (χ0v) is 16.6. The molecule has 0 spiro atoms. The third-order valence-electron chi connectivity index (χ3n) is 4.26. The molecular formula is C21H19FN6O2. The Morgan fingerprint density at radius 1 is 1.17 bits per heavy atom. The van der Waals surface area contributed by atoms with Gasteiger partial charge in [-0.3, -0.25) is 9.36 Å². The van der Waals surface area contributed by atoms with E-state index in [1.54, 1.807) is 29.0 Å². The number of carbonyl (C=O) groups excluding carboxylic acids is 1. The van der Waals surface area contributed by atoms with Crippen LogP contribution in [0.25, 0.3) is 17.3 Å². The van der Waals surface area contributed by atoms with Crippen LogP contribution in [0.2, 0.25) is 0 Å². The normalized spacial score (nSPS) is 11.5. The zero-order valence-electron chi connectivity index (χ0n) is 16.6. The van der Waals surface area contributed by atoms with Crippen LogP contribution in [0, 0.1) is 5.82 Å². The Morgan fingerprint density at radius 2 is 2.00 bits per heavy atom. The second kappa shape index (κ2) is 7.51. The van der Waals surface area contributed by atoms with Gasteiger partial charge < -0.3 is 9.84 Å². The SMILES string of the molecule is CC(C)(C)c1noc(-c2cccnc2-n2cnc(C(=O)Nc3cccc(F)c3)c2)n1. The van der Waals surface area contributed by atoms with Crippen molar-refractivity contribution in [2.24, 2.45) is 0 Å². The van der Waals surface area contributed by atoms with Crippen molar-refractivity contribution in [2.45, 2.75) is 26.2 Å². The van der Waals surface area contributed by atoms with Crippen molar-refractivity contribution in [1.29, 1.82) is 0 Å². The van der Waals surface area contributed by atoms with Gasteiger partial charge in [-0.15, -0.1) is 0 Å². The maximum absolute atomic E-state index is 13.3. The summed E-state index contributed by atoms with van der Waals surface area (Å²) in [5, 5.41) is 6.67. The fourth-order valence-electron chi connectivity index (χ4n) is 2.72. The number of nitrogens with zero attached hydrogens (tertiary/aromatic N) is 5. The lowest BCUT2D eigenvalue weighted by molar-refractivity contribution is 0.102. The summed E-state index contributed by atoms with van der Waals surface area (Å²) in [4.78, 5) is 25.5. The zero-order chi connectivity index (χ0) is 21.3. The molecule has 152 valence electrons. The average molecular weight is 406 g/mol. The quantitative estimate of drug-likeness (QED) is 0.550. The van der Waals surface area contributed by atoms with Crippen LogP contribution in [-0.2, 0) is 5.41 Å². The maximum atomic E-state index is 13.3. The summed E-state index contributed by atoms with van der Waals surface area (Å²) in [5.41, 5.74) is 0.835. The summed E-state index contributed by atoms with van der Waals surface area (Å²) in [6.07, 6.45) is 4.61.